The van der Waals surface area contributed by atoms with Gasteiger partial charge >= 0.3 is 0 Å². The molecule has 1 unspecified atom stereocenters. The van der Waals surface area contributed by atoms with E-state index < -0.39 is 0 Å². The molecule has 0 radical (unpaired) electrons. The van der Waals surface area contributed by atoms with Gasteiger partial charge in [0.1, 0.15) is 0 Å². The van der Waals surface area contributed by atoms with Crippen LogP contribution in [0.1, 0.15) is 100 Å². The van der Waals surface area contributed by atoms with Gasteiger partial charge in [0.2, 0.25) is 0 Å². The average Bonchev–Trinajstić information content (AvgIpc) is 0.765. The lowest BCUT2D eigenvalue weighted by atomic mass is 9.65. The standard InChI is InChI=1S/C46H46N2.C42H40N2.CH5P/c1-34-8-20-40(21-9-34)47(41-22-10-35(2)11-23-41)44-28-16-38(17-29-44)46(32-6-5-7-33-46)39-18-30-45(31-19-39)48(42-24-12-36(3)13-25-42)43-26-14-37(4)15-27-43;1-29-11-7-15-35(23-29)43(36-16-8-12-30(2)24-36)39-19-21-41(33(5)27-39)42-22-20-40(28-34(42)6)44(37-17-9-13-31(3)25-37)38-18-10-14-32(4)26-38;1-2/h8-31H,5-7,32-33H2,1-4H3;7-28H,1-6H3;2H2,1H3/i;;1T,2D. The first kappa shape index (κ1) is 63.0. The number of benzene rings is 12. The molecule has 12 aromatic carbocycles. The summed E-state index contributed by atoms with van der Waals surface area (Å²) in [6.07, 6.45) is 6.15. The summed E-state index contributed by atoms with van der Waals surface area (Å²) < 4.78 is 12.6. The fraction of sp³-hybridized carbons (Fsp3) is 0.191. The van der Waals surface area contributed by atoms with Crippen LogP contribution in [-0.2, 0) is 5.41 Å². The third kappa shape index (κ3) is 15.0. The highest BCUT2D eigenvalue weighted by Crippen LogP contribution is 2.48. The highest BCUT2D eigenvalue weighted by molar-refractivity contribution is 7.15. The van der Waals surface area contributed by atoms with Crippen LogP contribution in [0.3, 0.4) is 0 Å². The molecule has 0 spiro atoms. The number of rotatable bonds is 15. The van der Waals surface area contributed by atoms with Crippen LogP contribution in [0.25, 0.3) is 11.1 Å². The van der Waals surface area contributed by atoms with Gasteiger partial charge in [-0.05, 0) is 283 Å². The van der Waals surface area contributed by atoms with E-state index in [1.54, 1.807) is 0 Å². The molecule has 0 heterocycles. The number of anilines is 12. The highest BCUT2D eigenvalue weighted by atomic mass is 31.0. The maximum Gasteiger partial charge on any atom is 0.0543 e. The second-order valence-electron chi connectivity index (χ2n) is 25.8. The minimum Gasteiger partial charge on any atom is -0.311 e. The molecule has 1 fully saturated rings. The van der Waals surface area contributed by atoms with Crippen LogP contribution in [0, 0.1) is 69.2 Å². The molecule has 1 aliphatic carbocycles. The Morgan fingerprint density at radius 3 is 0.755 bits per heavy atom. The Morgan fingerprint density at radius 1 is 0.277 bits per heavy atom. The molecule has 0 bridgehead atoms. The van der Waals surface area contributed by atoms with Gasteiger partial charge in [-0.2, -0.15) is 0 Å². The van der Waals surface area contributed by atoms with Gasteiger partial charge in [-0.15, -0.1) is 9.18 Å². The van der Waals surface area contributed by atoms with Crippen LogP contribution in [-0.4, -0.2) is 7.92 Å². The summed E-state index contributed by atoms with van der Waals surface area (Å²) in [6.45, 7) is 21.9. The second-order valence-corrected chi connectivity index (χ2v) is 25.8. The Balaban J connectivity index is 0.000000185. The first-order valence-electron chi connectivity index (χ1n) is 34.4. The highest BCUT2D eigenvalue weighted by Gasteiger charge is 2.36. The van der Waals surface area contributed by atoms with Crippen LogP contribution in [0.5, 0.6) is 0 Å². The minimum atomic E-state index is 0.00636. The number of aryl methyl sites for hydroxylation is 10. The largest absolute Gasteiger partial charge is 0.311 e. The summed E-state index contributed by atoms with van der Waals surface area (Å²) in [5.74, 6) is 0. The molecule has 12 aromatic rings. The van der Waals surface area contributed by atoms with E-state index in [0.29, 0.717) is 0 Å². The summed E-state index contributed by atoms with van der Waals surface area (Å²) in [5.41, 5.74) is 31.9. The average molecular weight is 1250 g/mol. The van der Waals surface area contributed by atoms with Crippen molar-refractivity contribution in [3.63, 3.8) is 0 Å². The molecule has 1 saturated carbocycles. The molecule has 472 valence electrons. The number of nitrogens with zero attached hydrogens (tertiary/aromatic N) is 4. The van der Waals surface area contributed by atoms with Gasteiger partial charge in [-0.3, -0.25) is 0 Å². The summed E-state index contributed by atoms with van der Waals surface area (Å²) in [5, 5.41) is 0. The molecule has 5 heteroatoms. The molecular weight excluding hydrogens is 1160 g/mol. The van der Waals surface area contributed by atoms with E-state index in [1.165, 1.54) is 144 Å². The lowest BCUT2D eigenvalue weighted by Gasteiger charge is -2.39. The van der Waals surface area contributed by atoms with Crippen molar-refractivity contribution < 1.29 is 1.37 Å². The molecule has 0 N–H and O–H groups in total. The molecule has 13 rings (SSSR count). The van der Waals surface area contributed by atoms with Crippen molar-refractivity contribution in [2.45, 2.75) is 107 Å². The van der Waals surface area contributed by atoms with Crippen LogP contribution < -0.4 is 19.6 Å². The first-order valence-corrected chi connectivity index (χ1v) is 33.9. The monoisotopic (exact) mass is 1250 g/mol. The molecule has 0 aromatic heterocycles. The molecular formula is C89H91N4P. The molecule has 0 saturated heterocycles. The zero-order chi connectivity index (χ0) is 67.3. The Bertz CT molecular complexity index is 4050. The van der Waals surface area contributed by atoms with E-state index in [4.69, 9.17) is 2.65 Å². The van der Waals surface area contributed by atoms with Crippen molar-refractivity contribution in [3.8, 4) is 11.1 Å². The minimum absolute atomic E-state index is 0.00636. The smallest absolute Gasteiger partial charge is 0.0543 e. The van der Waals surface area contributed by atoms with Gasteiger partial charge < -0.3 is 19.6 Å². The topological polar surface area (TPSA) is 13.0 Å². The predicted octanol–water partition coefficient (Wildman–Crippen LogP) is 25.7. The fourth-order valence-electron chi connectivity index (χ4n) is 13.6. The van der Waals surface area contributed by atoms with Gasteiger partial charge in [0.15, 0.2) is 0 Å². The van der Waals surface area contributed by atoms with Gasteiger partial charge in [0.25, 0.3) is 0 Å². The Morgan fingerprint density at radius 2 is 0.511 bits per heavy atom. The van der Waals surface area contributed by atoms with Gasteiger partial charge in [-0.25, -0.2) is 0 Å². The maximum atomic E-state index is 6.29. The molecule has 0 aliphatic heterocycles. The van der Waals surface area contributed by atoms with Gasteiger partial charge in [-0.1, -0.05) is 182 Å². The van der Waals surface area contributed by atoms with Crippen LogP contribution in [0.15, 0.2) is 279 Å². The fourth-order valence-corrected chi connectivity index (χ4v) is 13.6. The third-order valence-electron chi connectivity index (χ3n) is 18.5. The second kappa shape index (κ2) is 29.9. The van der Waals surface area contributed by atoms with Crippen molar-refractivity contribution in [2.75, 3.05) is 26.2 Å². The van der Waals surface area contributed by atoms with Crippen LogP contribution in [0.4, 0.5) is 68.2 Å². The lowest BCUT2D eigenvalue weighted by molar-refractivity contribution is 0.346. The predicted molar refractivity (Wildman–Crippen MR) is 410 cm³/mol. The SMILES string of the molecule is Cc1ccc(N(c2ccc(C)cc2)c2ccc(C3(c4ccc(N(c5ccc(C)cc5)c5ccc(C)cc5)cc4)CCCCC3)cc2)cc1.Cc1cccc(N(c2cccc(C)c2)c2ccc(-c3ccc(N(c4cccc(C)c4)c4cccc(C)c4)cc3C)c(C)c2)c1.[2H]PC[3H]. The van der Waals surface area contributed by atoms with Crippen molar-refractivity contribution in [2.24, 2.45) is 0 Å². The molecule has 1 atom stereocenters. The van der Waals surface area contributed by atoms with Crippen molar-refractivity contribution >= 4 is 77.4 Å². The summed E-state index contributed by atoms with van der Waals surface area (Å²) in [6, 6.07) is 103. The Kier molecular flexibility index (Phi) is 20.1. The van der Waals surface area contributed by atoms with E-state index >= 15 is 0 Å². The van der Waals surface area contributed by atoms with E-state index in [0.717, 1.165) is 34.1 Å². The van der Waals surface area contributed by atoms with Crippen LogP contribution >= 0.6 is 9.18 Å². The zero-order valence-electron chi connectivity index (χ0n) is 58.6. The van der Waals surface area contributed by atoms with Crippen LogP contribution in [0.2, 0.25) is 0 Å². The van der Waals surface area contributed by atoms with E-state index in [9.17, 15) is 0 Å². The summed E-state index contributed by atoms with van der Waals surface area (Å²) in [4.78, 5) is 9.45. The molecule has 94 heavy (non-hydrogen) atoms. The van der Waals surface area contributed by atoms with Crippen molar-refractivity contribution in [3.05, 3.63) is 346 Å². The van der Waals surface area contributed by atoms with E-state index in [1.807, 2.05) is 0 Å². The quantitative estimate of drug-likeness (QED) is 0.0949. The van der Waals surface area contributed by atoms with Crippen molar-refractivity contribution in [1.82, 2.24) is 0 Å². The van der Waals surface area contributed by atoms with Gasteiger partial charge in [0.05, 0.1) is 1.28 Å². The molecule has 0 amide bonds. The zero-order valence-corrected chi connectivity index (χ0v) is 57.6. The first-order chi connectivity index (χ1) is 46.6. The lowest BCUT2D eigenvalue weighted by Crippen LogP contribution is -2.30. The molecule has 1 aliphatic rings. The summed E-state index contributed by atoms with van der Waals surface area (Å²) in [7, 11) is 0.0571. The Hall–Kier alpha value is -9.73. The van der Waals surface area contributed by atoms with E-state index in [-0.39, 0.29) is 21.2 Å². The molecule has 4 nitrogen and oxygen atoms in total. The normalized spacial score (nSPS) is 12.7. The van der Waals surface area contributed by atoms with E-state index in [2.05, 4.69) is 368 Å². The number of hydrogen-bond donors (Lipinski definition) is 0. The summed E-state index contributed by atoms with van der Waals surface area (Å²) >= 11 is 0. The number of hydrogen-bond acceptors (Lipinski definition) is 4. The third-order valence-corrected chi connectivity index (χ3v) is 18.5. The van der Waals surface area contributed by atoms with Crippen molar-refractivity contribution in [1.29, 1.82) is 1.28 Å². The van der Waals surface area contributed by atoms with Gasteiger partial charge in [0, 0.05) is 75.0 Å². The Labute approximate surface area is 566 Å². The maximum absolute atomic E-state index is 6.29.